The van der Waals surface area contributed by atoms with Crippen LogP contribution in [-0.2, 0) is 0 Å². The summed E-state index contributed by atoms with van der Waals surface area (Å²) < 4.78 is 24.8. The lowest BCUT2D eigenvalue weighted by atomic mass is 10.2. The van der Waals surface area contributed by atoms with Crippen LogP contribution in [0.3, 0.4) is 0 Å². The Balaban J connectivity index is 2.12. The Labute approximate surface area is 164 Å². The average Bonchev–Trinajstić information content (AvgIpc) is 2.68. The molecule has 2 aromatic carbocycles. The average molecular weight is 401 g/mol. The second-order valence-corrected chi connectivity index (χ2v) is 5.99. The molecule has 0 aliphatic carbocycles. The molecule has 9 heteroatoms. The summed E-state index contributed by atoms with van der Waals surface area (Å²) >= 11 is 5.12. The smallest absolute Gasteiger partial charge is 0.264 e. The molecule has 0 bridgehead atoms. The molecule has 28 heavy (non-hydrogen) atoms. The van der Waals surface area contributed by atoms with Crippen LogP contribution in [0.1, 0.15) is 5.56 Å². The first-order chi connectivity index (χ1) is 13.4. The summed E-state index contributed by atoms with van der Waals surface area (Å²) in [6.07, 6.45) is 1.19. The van der Waals surface area contributed by atoms with Crippen LogP contribution in [0.25, 0.3) is 5.69 Å². The van der Waals surface area contributed by atoms with Crippen molar-refractivity contribution < 1.29 is 19.0 Å². The number of aromatic nitrogens is 2. The number of nitrogens with one attached hydrogen (secondary N) is 1. The van der Waals surface area contributed by atoms with Gasteiger partial charge in [-0.3, -0.25) is 19.3 Å². The number of hydrogen-bond donors (Lipinski definition) is 2. The molecule has 1 aromatic heterocycles. The molecular weight excluding hydrogens is 385 g/mol. The van der Waals surface area contributed by atoms with E-state index in [1.54, 1.807) is 18.2 Å². The number of benzene rings is 2. The van der Waals surface area contributed by atoms with Gasteiger partial charge in [-0.25, -0.2) is 4.39 Å². The Morgan fingerprint density at radius 1 is 1.18 bits per heavy atom. The van der Waals surface area contributed by atoms with Gasteiger partial charge in [0.25, 0.3) is 5.56 Å². The molecule has 0 unspecified atom stereocenters. The van der Waals surface area contributed by atoms with Gasteiger partial charge >= 0.3 is 0 Å². The Kier molecular flexibility index (Phi) is 5.55. The maximum atomic E-state index is 13.2. The summed E-state index contributed by atoms with van der Waals surface area (Å²) in [4.78, 5) is 19.0. The summed E-state index contributed by atoms with van der Waals surface area (Å²) in [6, 6.07) is 10.3. The third-order valence-corrected chi connectivity index (χ3v) is 4.21. The lowest BCUT2D eigenvalue weighted by Gasteiger charge is -2.11. The molecule has 0 radical (unpaired) electrons. The van der Waals surface area contributed by atoms with E-state index in [1.807, 2.05) is 0 Å². The second kappa shape index (κ2) is 8.05. The number of hydrogen-bond acceptors (Lipinski definition) is 6. The monoisotopic (exact) mass is 401 g/mol. The Hall–Kier alpha value is -3.46. The molecule has 0 fully saturated rings. The highest BCUT2D eigenvalue weighted by atomic mass is 32.1. The second-order valence-electron chi connectivity index (χ2n) is 5.60. The number of H-pyrrole nitrogens is 1. The predicted octanol–water partition coefficient (Wildman–Crippen LogP) is 3.51. The summed E-state index contributed by atoms with van der Waals surface area (Å²) in [5.41, 5.74) is 0.0412. The van der Waals surface area contributed by atoms with Gasteiger partial charge in [-0.2, -0.15) is 0 Å². The van der Waals surface area contributed by atoms with E-state index in [4.69, 9.17) is 21.7 Å². The number of aromatic hydroxyl groups is 1. The van der Waals surface area contributed by atoms with Gasteiger partial charge in [-0.15, -0.1) is 0 Å². The van der Waals surface area contributed by atoms with Crippen LogP contribution in [0, 0.1) is 10.6 Å². The predicted molar refractivity (Wildman–Crippen MR) is 106 cm³/mol. The van der Waals surface area contributed by atoms with Crippen LogP contribution in [0.4, 0.5) is 10.1 Å². The van der Waals surface area contributed by atoms with Crippen LogP contribution in [0.2, 0.25) is 0 Å². The van der Waals surface area contributed by atoms with E-state index >= 15 is 0 Å². The fourth-order valence-electron chi connectivity index (χ4n) is 2.52. The van der Waals surface area contributed by atoms with Crippen LogP contribution in [0.5, 0.6) is 17.4 Å². The van der Waals surface area contributed by atoms with Crippen LogP contribution in [-0.4, -0.2) is 35.1 Å². The third kappa shape index (κ3) is 3.79. The molecule has 0 spiro atoms. The van der Waals surface area contributed by atoms with Crippen molar-refractivity contribution in [3.05, 3.63) is 69.0 Å². The molecule has 0 amide bonds. The number of nitrogens with zero attached hydrogens (tertiary/aromatic N) is 2. The van der Waals surface area contributed by atoms with Gasteiger partial charge in [0.15, 0.2) is 4.77 Å². The van der Waals surface area contributed by atoms with E-state index in [1.165, 1.54) is 49.3 Å². The van der Waals surface area contributed by atoms with E-state index < -0.39 is 17.3 Å². The van der Waals surface area contributed by atoms with Gasteiger partial charge in [-0.05, 0) is 48.6 Å². The van der Waals surface area contributed by atoms with Gasteiger partial charge in [0.2, 0.25) is 5.88 Å². The quantitative estimate of drug-likeness (QED) is 0.505. The van der Waals surface area contributed by atoms with Gasteiger partial charge in [0.1, 0.15) is 28.6 Å². The molecule has 1 heterocycles. The van der Waals surface area contributed by atoms with E-state index in [9.17, 15) is 14.3 Å². The third-order valence-electron chi connectivity index (χ3n) is 3.92. The van der Waals surface area contributed by atoms with Gasteiger partial charge < -0.3 is 14.6 Å². The summed E-state index contributed by atoms with van der Waals surface area (Å²) in [5.74, 6) is 0.143. The zero-order valence-electron chi connectivity index (χ0n) is 15.0. The fourth-order valence-corrected chi connectivity index (χ4v) is 2.80. The molecule has 7 nitrogen and oxygen atoms in total. The van der Waals surface area contributed by atoms with E-state index in [-0.39, 0.29) is 10.3 Å². The van der Waals surface area contributed by atoms with Crippen LogP contribution < -0.4 is 15.0 Å². The fraction of sp³-hybridized carbons (Fsp3) is 0.105. The summed E-state index contributed by atoms with van der Waals surface area (Å²) in [6.45, 7) is 0. The van der Waals surface area contributed by atoms with Crippen LogP contribution in [0.15, 0.2) is 52.3 Å². The first-order valence-corrected chi connectivity index (χ1v) is 8.45. The standard InChI is InChI=1S/C19H16FN3O4S/c1-26-13-7-8-16(27-2)15(9-13)21-10-14-17(24)22-19(28)23(18(14)25)12-5-3-11(20)4-6-12/h3-10,25H,1-2H3,(H,22,24,28). The largest absolute Gasteiger partial charge is 0.497 e. The minimum Gasteiger partial charge on any atom is -0.497 e. The maximum absolute atomic E-state index is 13.2. The molecule has 3 aromatic rings. The highest BCUT2D eigenvalue weighted by Gasteiger charge is 2.13. The lowest BCUT2D eigenvalue weighted by molar-refractivity contribution is 0.404. The number of aliphatic imine (C=N–C) groups is 1. The van der Waals surface area contributed by atoms with Crippen molar-refractivity contribution in [2.75, 3.05) is 14.2 Å². The maximum Gasteiger partial charge on any atom is 0.264 e. The minimum absolute atomic E-state index is 0.0368. The SMILES string of the molecule is COc1ccc(OC)c(N=Cc2c(O)n(-c3ccc(F)cc3)c(=S)[nH]c2=O)c1. The highest BCUT2D eigenvalue weighted by molar-refractivity contribution is 7.71. The Morgan fingerprint density at radius 2 is 1.89 bits per heavy atom. The van der Waals surface area contributed by atoms with Gasteiger partial charge in [0, 0.05) is 12.3 Å². The summed E-state index contributed by atoms with van der Waals surface area (Å²) in [5, 5.41) is 10.6. The minimum atomic E-state index is -0.619. The molecule has 0 saturated heterocycles. The van der Waals surface area contributed by atoms with Crippen molar-refractivity contribution in [2.45, 2.75) is 0 Å². The van der Waals surface area contributed by atoms with Gasteiger partial charge in [0.05, 0.1) is 19.9 Å². The summed E-state index contributed by atoms with van der Waals surface area (Å²) in [7, 11) is 3.00. The van der Waals surface area contributed by atoms with Crippen molar-refractivity contribution in [1.29, 1.82) is 0 Å². The van der Waals surface area contributed by atoms with E-state index in [0.717, 1.165) is 0 Å². The molecular formula is C19H16FN3O4S. The number of methoxy groups -OCH3 is 2. The molecule has 0 atom stereocenters. The first kappa shape index (κ1) is 19.3. The normalized spacial score (nSPS) is 11.0. The van der Waals surface area contributed by atoms with Crippen molar-refractivity contribution in [2.24, 2.45) is 4.99 Å². The lowest BCUT2D eigenvalue weighted by Crippen LogP contribution is -2.18. The zero-order valence-corrected chi connectivity index (χ0v) is 15.8. The number of rotatable bonds is 5. The molecule has 0 saturated carbocycles. The molecule has 2 N–H and O–H groups in total. The number of ether oxygens (including phenoxy) is 2. The first-order valence-electron chi connectivity index (χ1n) is 8.05. The topological polar surface area (TPSA) is 88.8 Å². The number of halogens is 1. The Morgan fingerprint density at radius 3 is 2.54 bits per heavy atom. The van der Waals surface area contributed by atoms with E-state index in [0.29, 0.717) is 22.9 Å². The van der Waals surface area contributed by atoms with Gasteiger partial charge in [-0.1, -0.05) is 0 Å². The van der Waals surface area contributed by atoms with Crippen molar-refractivity contribution >= 4 is 24.1 Å². The Bertz CT molecular complexity index is 1150. The molecule has 144 valence electrons. The van der Waals surface area contributed by atoms with Crippen molar-refractivity contribution in [3.63, 3.8) is 0 Å². The molecule has 3 rings (SSSR count). The molecule has 0 aliphatic heterocycles. The molecule has 0 aliphatic rings. The van der Waals surface area contributed by atoms with E-state index in [2.05, 4.69) is 9.98 Å². The van der Waals surface area contributed by atoms with Crippen molar-refractivity contribution in [3.8, 4) is 23.1 Å². The van der Waals surface area contributed by atoms with Crippen LogP contribution >= 0.6 is 12.2 Å². The van der Waals surface area contributed by atoms with Crippen molar-refractivity contribution in [1.82, 2.24) is 9.55 Å². The number of aromatic amines is 1. The highest BCUT2D eigenvalue weighted by Crippen LogP contribution is 2.31. The zero-order chi connectivity index (χ0) is 20.3.